The highest BCUT2D eigenvalue weighted by Crippen LogP contribution is 1.97. The number of carbonyl (C=O) groups is 1. The van der Waals surface area contributed by atoms with Gasteiger partial charge in [-0.15, -0.1) is 0 Å². The van der Waals surface area contributed by atoms with E-state index in [9.17, 15) is 9.18 Å². The van der Waals surface area contributed by atoms with Crippen LogP contribution in [0, 0.1) is 5.82 Å². The van der Waals surface area contributed by atoms with Gasteiger partial charge in [-0.2, -0.15) is 0 Å². The lowest BCUT2D eigenvalue weighted by atomic mass is 10.1. The first-order valence-corrected chi connectivity index (χ1v) is 4.15. The molecule has 1 heterocycles. The number of carbonyl (C=O) groups excluding carboxylic acids is 1. The lowest BCUT2D eigenvalue weighted by molar-refractivity contribution is 0.0599. The molecule has 1 aromatic rings. The normalized spacial score (nSPS) is 12.7. The number of benzene rings is 1. The summed E-state index contributed by atoms with van der Waals surface area (Å²) < 4.78 is 17.8. The molecular formula is C10H8FNO2. The van der Waals surface area contributed by atoms with Crippen molar-refractivity contribution < 1.29 is 13.9 Å². The van der Waals surface area contributed by atoms with E-state index >= 15 is 0 Å². The van der Waals surface area contributed by atoms with Crippen LogP contribution >= 0.6 is 0 Å². The van der Waals surface area contributed by atoms with Crippen molar-refractivity contribution in [2.45, 2.75) is 0 Å². The van der Waals surface area contributed by atoms with E-state index in [1.54, 1.807) is 6.08 Å². The summed E-state index contributed by atoms with van der Waals surface area (Å²) in [6, 6.07) is 2.64. The van der Waals surface area contributed by atoms with Crippen molar-refractivity contribution in [3.05, 3.63) is 34.1 Å². The zero-order valence-electron chi connectivity index (χ0n) is 7.58. The molecule has 0 saturated heterocycles. The van der Waals surface area contributed by atoms with Crippen molar-refractivity contribution in [1.29, 1.82) is 0 Å². The molecule has 1 aliphatic heterocycles. The molecule has 0 radical (unpaired) electrons. The quantitative estimate of drug-likeness (QED) is 0.590. The van der Waals surface area contributed by atoms with Crippen LogP contribution < -0.4 is 10.6 Å². The van der Waals surface area contributed by atoms with E-state index < -0.39 is 11.8 Å². The molecule has 4 heteroatoms. The van der Waals surface area contributed by atoms with Crippen molar-refractivity contribution >= 4 is 12.0 Å². The Morgan fingerprint density at radius 2 is 2.36 bits per heavy atom. The van der Waals surface area contributed by atoms with E-state index in [1.807, 2.05) is 0 Å². The Labute approximate surface area is 79.5 Å². The largest absolute Gasteiger partial charge is 0.465 e. The molecule has 0 unspecified atom stereocenters. The zero-order valence-corrected chi connectivity index (χ0v) is 7.58. The number of hydrogen-bond acceptors (Lipinski definition) is 3. The van der Waals surface area contributed by atoms with Gasteiger partial charge in [0, 0.05) is 5.22 Å². The number of esters is 1. The van der Waals surface area contributed by atoms with Crippen LogP contribution in [0.2, 0.25) is 0 Å². The second-order valence-electron chi connectivity index (χ2n) is 2.89. The first-order valence-electron chi connectivity index (χ1n) is 4.15. The Morgan fingerprint density at radius 1 is 1.57 bits per heavy atom. The molecule has 0 bridgehead atoms. The fraction of sp³-hybridized carbons (Fsp3) is 0.200. The Bertz CT molecular complexity index is 508. The van der Waals surface area contributed by atoms with Gasteiger partial charge in [0.2, 0.25) is 0 Å². The predicted molar refractivity (Wildman–Crippen MR) is 47.9 cm³/mol. The molecule has 2 rings (SSSR count). The first kappa shape index (κ1) is 8.87. The summed E-state index contributed by atoms with van der Waals surface area (Å²) in [7, 11) is 1.30. The summed E-state index contributed by atoms with van der Waals surface area (Å²) in [5.41, 5.74) is 0.366. The first-order chi connectivity index (χ1) is 6.74. The Hall–Kier alpha value is -1.71. The molecule has 1 aromatic carbocycles. The van der Waals surface area contributed by atoms with Crippen LogP contribution in [0.1, 0.15) is 10.4 Å². The fourth-order valence-electron chi connectivity index (χ4n) is 1.46. The van der Waals surface area contributed by atoms with Crippen molar-refractivity contribution in [2.75, 3.05) is 13.7 Å². The minimum Gasteiger partial charge on any atom is -0.465 e. The highest BCUT2D eigenvalue weighted by atomic mass is 19.1. The van der Waals surface area contributed by atoms with E-state index in [4.69, 9.17) is 0 Å². The topological polar surface area (TPSA) is 38.7 Å². The van der Waals surface area contributed by atoms with Gasteiger partial charge in [-0.3, -0.25) is 4.99 Å². The summed E-state index contributed by atoms with van der Waals surface area (Å²) in [5.74, 6) is -0.865. The number of hydrogen-bond donors (Lipinski definition) is 0. The highest BCUT2D eigenvalue weighted by Gasteiger charge is 2.12. The fourth-order valence-corrected chi connectivity index (χ4v) is 1.46. The average Bonchev–Trinajstić information content (AvgIpc) is 2.67. The highest BCUT2D eigenvalue weighted by molar-refractivity contribution is 5.89. The molecule has 0 spiro atoms. The van der Waals surface area contributed by atoms with Gasteiger partial charge in [-0.1, -0.05) is 6.08 Å². The van der Waals surface area contributed by atoms with E-state index in [0.717, 1.165) is 0 Å². The van der Waals surface area contributed by atoms with Gasteiger partial charge in [0.15, 0.2) is 0 Å². The molecule has 72 valence electrons. The second-order valence-corrected chi connectivity index (χ2v) is 2.89. The summed E-state index contributed by atoms with van der Waals surface area (Å²) in [5, 5.41) is 0.796. The van der Waals surface area contributed by atoms with Crippen LogP contribution in [0.15, 0.2) is 17.1 Å². The third-order valence-electron chi connectivity index (χ3n) is 2.12. The SMILES string of the molecule is COC(=O)c1ccc(F)c2c1=CCN=2. The minimum atomic E-state index is -0.463. The molecule has 14 heavy (non-hydrogen) atoms. The minimum absolute atomic E-state index is 0.257. The van der Waals surface area contributed by atoms with Crippen LogP contribution in [-0.4, -0.2) is 19.6 Å². The van der Waals surface area contributed by atoms with E-state index in [-0.39, 0.29) is 5.36 Å². The van der Waals surface area contributed by atoms with Crippen molar-refractivity contribution in [1.82, 2.24) is 0 Å². The van der Waals surface area contributed by atoms with Crippen LogP contribution in [0.25, 0.3) is 6.08 Å². The van der Waals surface area contributed by atoms with Crippen molar-refractivity contribution in [3.63, 3.8) is 0 Å². The molecule has 0 fully saturated rings. The van der Waals surface area contributed by atoms with E-state index in [1.165, 1.54) is 19.2 Å². The smallest absolute Gasteiger partial charge is 0.338 e. The standard InChI is InChI=1S/C10H8FNO2/c1-14-10(13)7-2-3-8(11)9-6(7)4-5-12-9/h2-4H,5H2,1H3. The molecular weight excluding hydrogens is 185 g/mol. The summed E-state index contributed by atoms with van der Waals surface area (Å²) in [6.45, 7) is 0.417. The Kier molecular flexibility index (Phi) is 2.04. The molecule has 0 aromatic heterocycles. The second kappa shape index (κ2) is 3.21. The van der Waals surface area contributed by atoms with Gasteiger partial charge in [-0.25, -0.2) is 9.18 Å². The van der Waals surface area contributed by atoms with Gasteiger partial charge >= 0.3 is 5.97 Å². The van der Waals surface area contributed by atoms with Crippen LogP contribution in [0.3, 0.4) is 0 Å². The number of halogens is 1. The molecule has 0 aliphatic carbocycles. The Morgan fingerprint density at radius 3 is 3.07 bits per heavy atom. The van der Waals surface area contributed by atoms with Crippen molar-refractivity contribution in [2.24, 2.45) is 4.99 Å². The maximum atomic E-state index is 13.2. The van der Waals surface area contributed by atoms with Gasteiger partial charge < -0.3 is 4.74 Å². The summed E-state index contributed by atoms with van der Waals surface area (Å²) in [4.78, 5) is 15.2. The van der Waals surface area contributed by atoms with Crippen LogP contribution in [-0.2, 0) is 4.74 Å². The Balaban J connectivity index is 2.74. The van der Waals surface area contributed by atoms with Gasteiger partial charge in [0.05, 0.1) is 19.2 Å². The molecule has 0 N–H and O–H groups in total. The van der Waals surface area contributed by atoms with Gasteiger partial charge in [0.1, 0.15) is 11.2 Å². The van der Waals surface area contributed by atoms with E-state index in [2.05, 4.69) is 9.73 Å². The third-order valence-corrected chi connectivity index (χ3v) is 2.12. The zero-order chi connectivity index (χ0) is 10.1. The van der Waals surface area contributed by atoms with Crippen LogP contribution in [0.5, 0.6) is 0 Å². The lowest BCUT2D eigenvalue weighted by Gasteiger charge is -1.99. The monoisotopic (exact) mass is 193 g/mol. The molecule has 1 aliphatic rings. The number of methoxy groups -OCH3 is 1. The molecule has 0 amide bonds. The molecule has 0 atom stereocenters. The van der Waals surface area contributed by atoms with Gasteiger partial charge in [0.25, 0.3) is 0 Å². The number of nitrogens with zero attached hydrogens (tertiary/aromatic N) is 1. The number of fused-ring (bicyclic) bond motifs is 1. The van der Waals surface area contributed by atoms with Crippen LogP contribution in [0.4, 0.5) is 4.39 Å². The molecule has 3 nitrogen and oxygen atoms in total. The maximum Gasteiger partial charge on any atom is 0.338 e. The lowest BCUT2D eigenvalue weighted by Crippen LogP contribution is -2.31. The predicted octanol–water partition coefficient (Wildman–Crippen LogP) is 0.0260. The molecule has 0 saturated carbocycles. The number of ether oxygens (including phenoxy) is 1. The van der Waals surface area contributed by atoms with Gasteiger partial charge in [-0.05, 0) is 12.1 Å². The maximum absolute atomic E-state index is 13.2. The van der Waals surface area contributed by atoms with E-state index in [0.29, 0.717) is 17.3 Å². The summed E-state index contributed by atoms with van der Waals surface area (Å²) in [6.07, 6.45) is 1.71. The summed E-state index contributed by atoms with van der Waals surface area (Å²) >= 11 is 0. The number of rotatable bonds is 1. The average molecular weight is 193 g/mol. The third kappa shape index (κ3) is 1.19. The van der Waals surface area contributed by atoms with Crippen molar-refractivity contribution in [3.8, 4) is 0 Å².